The van der Waals surface area contributed by atoms with Crippen LogP contribution in [0.3, 0.4) is 0 Å². The molecule has 0 heterocycles. The minimum absolute atomic E-state index is 0.0762. The van der Waals surface area contributed by atoms with Crippen molar-refractivity contribution in [2.45, 2.75) is 74.0 Å². The van der Waals surface area contributed by atoms with E-state index in [0.29, 0.717) is 0 Å². The first kappa shape index (κ1) is 11.1. The van der Waals surface area contributed by atoms with Crippen LogP contribution in [0.5, 0.6) is 0 Å². The Morgan fingerprint density at radius 2 is 0.786 bits per heavy atom. The summed E-state index contributed by atoms with van der Waals surface area (Å²) in [5.41, 5.74) is 0. The van der Waals surface area contributed by atoms with Gasteiger partial charge in [-0.25, -0.2) is 0 Å². The molecule has 0 N–H and O–H groups in total. The number of hydrogen-bond donors (Lipinski definition) is 0. The molecule has 0 aromatic rings. The van der Waals surface area contributed by atoms with Crippen molar-refractivity contribution in [3.63, 3.8) is 0 Å². The molecule has 2 heteroatoms. The molecule has 0 unspecified atom stereocenters. The summed E-state index contributed by atoms with van der Waals surface area (Å²) in [6, 6.07) is 0. The second-order valence-corrected chi connectivity index (χ2v) is 6.50. The van der Waals surface area contributed by atoms with Gasteiger partial charge in [-0.15, -0.1) is 23.2 Å². The lowest BCUT2D eigenvalue weighted by atomic mass is 9.72. The quantitative estimate of drug-likeness (QED) is 0.569. The lowest BCUT2D eigenvalue weighted by molar-refractivity contribution is 0.246. The first-order valence-corrected chi connectivity index (χ1v) is 6.80. The predicted octanol–water partition coefficient (Wildman–Crippen LogP) is 4.87. The molecule has 0 aliphatic heterocycles. The van der Waals surface area contributed by atoms with E-state index in [1.165, 1.54) is 38.5 Å². The summed E-state index contributed by atoms with van der Waals surface area (Å²) >= 11 is 13.5. The van der Waals surface area contributed by atoms with E-state index in [0.717, 1.165) is 25.7 Å². The van der Waals surface area contributed by atoms with Gasteiger partial charge in [0.05, 0.1) is 9.75 Å². The van der Waals surface area contributed by atoms with Crippen molar-refractivity contribution in [2.24, 2.45) is 0 Å². The van der Waals surface area contributed by atoms with Gasteiger partial charge in [-0.1, -0.05) is 38.5 Å². The van der Waals surface area contributed by atoms with E-state index in [9.17, 15) is 0 Å². The Hall–Kier alpha value is 0.580. The molecule has 0 aromatic heterocycles. The highest BCUT2D eigenvalue weighted by Crippen LogP contribution is 2.52. The van der Waals surface area contributed by atoms with Crippen molar-refractivity contribution < 1.29 is 0 Å². The molecule has 0 amide bonds. The van der Waals surface area contributed by atoms with Crippen LogP contribution in [0.25, 0.3) is 0 Å². The molecule has 2 aliphatic carbocycles. The van der Waals surface area contributed by atoms with Crippen LogP contribution in [0.15, 0.2) is 0 Å². The molecular formula is C12H20Cl2. The summed E-state index contributed by atoms with van der Waals surface area (Å²) in [6.07, 6.45) is 12.3. The van der Waals surface area contributed by atoms with Gasteiger partial charge < -0.3 is 0 Å². The van der Waals surface area contributed by atoms with Crippen LogP contribution in [0.2, 0.25) is 0 Å². The fourth-order valence-corrected chi connectivity index (χ4v) is 4.03. The van der Waals surface area contributed by atoms with E-state index in [1.54, 1.807) is 0 Å². The van der Waals surface area contributed by atoms with Gasteiger partial charge in [-0.2, -0.15) is 0 Å². The van der Waals surface area contributed by atoms with E-state index in [2.05, 4.69) is 0 Å². The van der Waals surface area contributed by atoms with Crippen LogP contribution in [-0.4, -0.2) is 9.75 Å². The van der Waals surface area contributed by atoms with Crippen LogP contribution in [-0.2, 0) is 0 Å². The van der Waals surface area contributed by atoms with Gasteiger partial charge in [-0.3, -0.25) is 0 Å². The molecule has 0 radical (unpaired) electrons. The number of rotatable bonds is 1. The van der Waals surface area contributed by atoms with E-state index in [1.807, 2.05) is 0 Å². The molecule has 14 heavy (non-hydrogen) atoms. The van der Waals surface area contributed by atoms with Gasteiger partial charge in [0.2, 0.25) is 0 Å². The third-order valence-electron chi connectivity index (χ3n) is 4.10. The summed E-state index contributed by atoms with van der Waals surface area (Å²) in [5.74, 6) is 0. The van der Waals surface area contributed by atoms with Gasteiger partial charge in [0.15, 0.2) is 0 Å². The molecular weight excluding hydrogens is 215 g/mol. The Labute approximate surface area is 97.3 Å². The summed E-state index contributed by atoms with van der Waals surface area (Å²) in [6.45, 7) is 0. The van der Waals surface area contributed by atoms with Crippen molar-refractivity contribution in [3.05, 3.63) is 0 Å². The van der Waals surface area contributed by atoms with Crippen molar-refractivity contribution in [2.75, 3.05) is 0 Å². The molecule has 0 atom stereocenters. The maximum atomic E-state index is 6.76. The van der Waals surface area contributed by atoms with Gasteiger partial charge in [0, 0.05) is 0 Å². The summed E-state index contributed by atoms with van der Waals surface area (Å²) in [5, 5.41) is 0. The Kier molecular flexibility index (Phi) is 3.34. The average molecular weight is 235 g/mol. The standard InChI is InChI=1S/C12H20Cl2/c13-11(7-3-1-4-8-11)12(14)9-5-2-6-10-12/h1-10H2. The smallest absolute Gasteiger partial charge is 0.0637 e. The van der Waals surface area contributed by atoms with Crippen molar-refractivity contribution in [3.8, 4) is 0 Å². The zero-order valence-electron chi connectivity index (χ0n) is 8.83. The maximum absolute atomic E-state index is 6.76. The van der Waals surface area contributed by atoms with Crippen molar-refractivity contribution in [1.29, 1.82) is 0 Å². The second kappa shape index (κ2) is 4.22. The minimum Gasteiger partial charge on any atom is -0.117 e. The molecule has 82 valence electrons. The third kappa shape index (κ3) is 1.93. The average Bonchev–Trinajstić information content (AvgIpc) is 2.20. The third-order valence-corrected chi connectivity index (χ3v) is 5.67. The number of halogens is 2. The Morgan fingerprint density at radius 1 is 0.500 bits per heavy atom. The molecule has 0 nitrogen and oxygen atoms in total. The zero-order valence-corrected chi connectivity index (χ0v) is 10.3. The Bertz CT molecular complexity index is 166. The molecule has 2 aliphatic rings. The van der Waals surface area contributed by atoms with Crippen molar-refractivity contribution >= 4 is 23.2 Å². The normalized spacial score (nSPS) is 31.3. The van der Waals surface area contributed by atoms with E-state index in [4.69, 9.17) is 23.2 Å². The molecule has 0 bridgehead atoms. The molecule has 0 aromatic carbocycles. The first-order valence-electron chi connectivity index (χ1n) is 6.04. The molecule has 2 saturated carbocycles. The predicted molar refractivity (Wildman–Crippen MR) is 63.3 cm³/mol. The molecule has 2 rings (SSSR count). The van der Waals surface area contributed by atoms with Gasteiger partial charge >= 0.3 is 0 Å². The lowest BCUT2D eigenvalue weighted by Gasteiger charge is -2.47. The van der Waals surface area contributed by atoms with Crippen molar-refractivity contribution in [1.82, 2.24) is 0 Å². The van der Waals surface area contributed by atoms with Crippen LogP contribution < -0.4 is 0 Å². The summed E-state index contributed by atoms with van der Waals surface area (Å²) < 4.78 is 0. The Balaban J connectivity index is 2.09. The highest BCUT2D eigenvalue weighted by atomic mass is 35.5. The summed E-state index contributed by atoms with van der Waals surface area (Å²) in [4.78, 5) is -0.152. The fourth-order valence-electron chi connectivity index (χ4n) is 3.12. The highest BCUT2D eigenvalue weighted by Gasteiger charge is 2.49. The second-order valence-electron chi connectivity index (χ2n) is 5.05. The van der Waals surface area contributed by atoms with Gasteiger partial charge in [0.25, 0.3) is 0 Å². The molecule has 0 saturated heterocycles. The maximum Gasteiger partial charge on any atom is 0.0637 e. The minimum atomic E-state index is -0.0762. The molecule has 2 fully saturated rings. The zero-order chi connectivity index (χ0) is 10.1. The van der Waals surface area contributed by atoms with Gasteiger partial charge in [0.1, 0.15) is 0 Å². The fraction of sp³-hybridized carbons (Fsp3) is 1.00. The summed E-state index contributed by atoms with van der Waals surface area (Å²) in [7, 11) is 0. The first-order chi connectivity index (χ1) is 6.66. The number of hydrogen-bond acceptors (Lipinski definition) is 0. The van der Waals surface area contributed by atoms with Gasteiger partial charge in [-0.05, 0) is 25.7 Å². The lowest BCUT2D eigenvalue weighted by Crippen LogP contribution is -2.48. The van der Waals surface area contributed by atoms with Crippen LogP contribution in [0, 0.1) is 0 Å². The van der Waals surface area contributed by atoms with Crippen LogP contribution in [0.4, 0.5) is 0 Å². The monoisotopic (exact) mass is 234 g/mol. The molecule has 0 spiro atoms. The SMILES string of the molecule is ClC1(C2(Cl)CCCCC2)CCCCC1. The largest absolute Gasteiger partial charge is 0.117 e. The van der Waals surface area contributed by atoms with Crippen LogP contribution >= 0.6 is 23.2 Å². The van der Waals surface area contributed by atoms with E-state index < -0.39 is 0 Å². The highest BCUT2D eigenvalue weighted by molar-refractivity contribution is 6.35. The number of alkyl halides is 2. The van der Waals surface area contributed by atoms with Crippen LogP contribution in [0.1, 0.15) is 64.2 Å². The van der Waals surface area contributed by atoms with E-state index in [-0.39, 0.29) is 9.75 Å². The topological polar surface area (TPSA) is 0 Å². The van der Waals surface area contributed by atoms with E-state index >= 15 is 0 Å². The Morgan fingerprint density at radius 3 is 1.07 bits per heavy atom.